The van der Waals surface area contributed by atoms with Crippen molar-refractivity contribution in [2.45, 2.75) is 32.6 Å². The van der Waals surface area contributed by atoms with Crippen molar-refractivity contribution in [3.63, 3.8) is 0 Å². The Morgan fingerprint density at radius 1 is 1.08 bits per heavy atom. The van der Waals surface area contributed by atoms with Gasteiger partial charge in [0.15, 0.2) is 0 Å². The van der Waals surface area contributed by atoms with Crippen LogP contribution in [0.2, 0.25) is 0 Å². The summed E-state index contributed by atoms with van der Waals surface area (Å²) < 4.78 is 0. The van der Waals surface area contributed by atoms with E-state index >= 15 is 0 Å². The van der Waals surface area contributed by atoms with Crippen molar-refractivity contribution in [2.24, 2.45) is 0 Å². The van der Waals surface area contributed by atoms with Crippen LogP contribution in [0.4, 0.5) is 0 Å². The molecule has 4 heteroatoms. The van der Waals surface area contributed by atoms with Crippen LogP contribution < -0.4 is 0 Å². The van der Waals surface area contributed by atoms with Crippen LogP contribution in [0.25, 0.3) is 10.9 Å². The second-order valence-corrected chi connectivity index (χ2v) is 6.86. The third-order valence-corrected chi connectivity index (χ3v) is 5.49. The number of fused-ring (bicyclic) bond motifs is 2. The molecule has 0 bridgehead atoms. The maximum absolute atomic E-state index is 13.4. The summed E-state index contributed by atoms with van der Waals surface area (Å²) in [5, 5.41) is 1.03. The molecule has 1 aliphatic heterocycles. The van der Waals surface area contributed by atoms with Gasteiger partial charge in [-0.05, 0) is 43.9 Å². The molecule has 2 heterocycles. The summed E-state index contributed by atoms with van der Waals surface area (Å²) in [7, 11) is 0. The van der Waals surface area contributed by atoms with Gasteiger partial charge in [0.2, 0.25) is 0 Å². The van der Waals surface area contributed by atoms with Crippen molar-refractivity contribution in [3.8, 4) is 0 Å². The Morgan fingerprint density at radius 2 is 1.83 bits per heavy atom. The number of hydrogen-bond donors (Lipinski definition) is 0. The van der Waals surface area contributed by atoms with Crippen LogP contribution in [0.1, 0.15) is 41.4 Å². The number of carbonyl (C=O) groups excluding carboxylic acids is 1. The summed E-state index contributed by atoms with van der Waals surface area (Å²) >= 11 is 0. The van der Waals surface area contributed by atoms with Gasteiger partial charge in [-0.25, -0.2) is 0 Å². The Hall–Kier alpha value is -1.94. The van der Waals surface area contributed by atoms with E-state index in [4.69, 9.17) is 4.98 Å². The molecule has 4 nitrogen and oxygen atoms in total. The van der Waals surface area contributed by atoms with Crippen LogP contribution in [0, 0.1) is 0 Å². The molecule has 0 atom stereocenters. The second-order valence-electron chi connectivity index (χ2n) is 6.86. The van der Waals surface area contributed by atoms with Gasteiger partial charge >= 0.3 is 0 Å². The Balaban J connectivity index is 1.76. The Morgan fingerprint density at radius 3 is 2.62 bits per heavy atom. The van der Waals surface area contributed by atoms with E-state index in [0.29, 0.717) is 0 Å². The molecule has 0 unspecified atom stereocenters. The predicted molar refractivity (Wildman–Crippen MR) is 96.4 cm³/mol. The minimum absolute atomic E-state index is 0.211. The third kappa shape index (κ3) is 2.69. The molecular formula is C20H25N3O. The number of para-hydroxylation sites is 1. The second kappa shape index (κ2) is 6.52. The number of hydrogen-bond acceptors (Lipinski definition) is 3. The normalized spacial score (nSPS) is 18.6. The number of pyridine rings is 1. The Kier molecular flexibility index (Phi) is 4.23. The van der Waals surface area contributed by atoms with E-state index in [2.05, 4.69) is 17.9 Å². The van der Waals surface area contributed by atoms with Crippen LogP contribution in [0.3, 0.4) is 0 Å². The summed E-state index contributed by atoms with van der Waals surface area (Å²) in [4.78, 5) is 22.7. The lowest BCUT2D eigenvalue weighted by Crippen LogP contribution is -2.48. The van der Waals surface area contributed by atoms with Crippen molar-refractivity contribution in [1.29, 1.82) is 0 Å². The summed E-state index contributed by atoms with van der Waals surface area (Å²) in [6, 6.07) is 8.13. The highest BCUT2D eigenvalue weighted by atomic mass is 16.2. The molecule has 2 aliphatic rings. The zero-order chi connectivity index (χ0) is 16.5. The molecule has 1 amide bonds. The number of rotatable bonds is 2. The molecule has 0 N–H and O–H groups in total. The van der Waals surface area contributed by atoms with Crippen molar-refractivity contribution in [1.82, 2.24) is 14.8 Å². The first-order valence-corrected chi connectivity index (χ1v) is 9.20. The highest BCUT2D eigenvalue weighted by Crippen LogP contribution is 2.30. The quantitative estimate of drug-likeness (QED) is 0.853. The molecule has 1 saturated heterocycles. The number of benzene rings is 1. The molecule has 0 spiro atoms. The zero-order valence-corrected chi connectivity index (χ0v) is 14.4. The molecule has 1 aliphatic carbocycles. The van der Waals surface area contributed by atoms with Gasteiger partial charge < -0.3 is 9.80 Å². The zero-order valence-electron chi connectivity index (χ0n) is 14.4. The Bertz CT molecular complexity index is 763. The lowest BCUT2D eigenvalue weighted by Gasteiger charge is -2.35. The van der Waals surface area contributed by atoms with Gasteiger partial charge in [0, 0.05) is 37.3 Å². The number of aryl methyl sites for hydroxylation is 1. The summed E-state index contributed by atoms with van der Waals surface area (Å²) in [5.74, 6) is 0.211. The van der Waals surface area contributed by atoms with Gasteiger partial charge in [0.1, 0.15) is 0 Å². The average Bonchev–Trinajstić information content (AvgIpc) is 2.65. The topological polar surface area (TPSA) is 36.4 Å². The van der Waals surface area contributed by atoms with E-state index in [9.17, 15) is 4.79 Å². The minimum Gasteiger partial charge on any atom is -0.336 e. The van der Waals surface area contributed by atoms with Crippen LogP contribution in [-0.2, 0) is 12.8 Å². The highest BCUT2D eigenvalue weighted by Gasteiger charge is 2.27. The van der Waals surface area contributed by atoms with Crippen molar-refractivity contribution < 1.29 is 4.79 Å². The summed E-state index contributed by atoms with van der Waals surface area (Å²) in [6.45, 7) is 6.87. The van der Waals surface area contributed by atoms with E-state index in [1.807, 2.05) is 23.1 Å². The summed E-state index contributed by atoms with van der Waals surface area (Å²) in [5.41, 5.74) is 4.26. The number of amides is 1. The van der Waals surface area contributed by atoms with E-state index in [1.54, 1.807) is 0 Å². The van der Waals surface area contributed by atoms with E-state index < -0.39 is 0 Å². The molecule has 4 rings (SSSR count). The third-order valence-electron chi connectivity index (χ3n) is 5.49. The lowest BCUT2D eigenvalue weighted by atomic mass is 9.89. The van der Waals surface area contributed by atoms with Gasteiger partial charge in [0.05, 0.1) is 11.1 Å². The largest absolute Gasteiger partial charge is 0.336 e. The van der Waals surface area contributed by atoms with Crippen molar-refractivity contribution in [2.75, 3.05) is 32.7 Å². The molecule has 1 aromatic carbocycles. The van der Waals surface area contributed by atoms with E-state index in [0.717, 1.165) is 74.1 Å². The number of aromatic nitrogens is 1. The molecule has 0 radical (unpaired) electrons. The average molecular weight is 323 g/mol. The smallest absolute Gasteiger partial charge is 0.254 e. The van der Waals surface area contributed by atoms with Gasteiger partial charge in [-0.1, -0.05) is 25.1 Å². The molecule has 126 valence electrons. The molecule has 24 heavy (non-hydrogen) atoms. The van der Waals surface area contributed by atoms with Gasteiger partial charge in [-0.2, -0.15) is 0 Å². The highest BCUT2D eigenvalue weighted by molar-refractivity contribution is 6.07. The van der Waals surface area contributed by atoms with Gasteiger partial charge in [-0.15, -0.1) is 0 Å². The van der Waals surface area contributed by atoms with Crippen molar-refractivity contribution in [3.05, 3.63) is 41.1 Å². The van der Waals surface area contributed by atoms with E-state index in [1.165, 1.54) is 12.0 Å². The van der Waals surface area contributed by atoms with Crippen LogP contribution in [0.5, 0.6) is 0 Å². The first kappa shape index (κ1) is 15.6. The number of carbonyl (C=O) groups is 1. The first-order valence-electron chi connectivity index (χ1n) is 9.20. The SMILES string of the molecule is CCN1CCN(C(=O)c2c3c(nc4ccccc24)CCCC3)CC1. The molecule has 0 saturated carbocycles. The van der Waals surface area contributed by atoms with Crippen LogP contribution in [0.15, 0.2) is 24.3 Å². The fraction of sp³-hybridized carbons (Fsp3) is 0.500. The molecule has 1 fully saturated rings. The summed E-state index contributed by atoms with van der Waals surface area (Å²) in [6.07, 6.45) is 4.34. The maximum Gasteiger partial charge on any atom is 0.254 e. The van der Waals surface area contributed by atoms with E-state index in [-0.39, 0.29) is 5.91 Å². The molecular weight excluding hydrogens is 298 g/mol. The fourth-order valence-electron chi connectivity index (χ4n) is 4.04. The fourth-order valence-corrected chi connectivity index (χ4v) is 4.04. The Labute approximate surface area is 143 Å². The van der Waals surface area contributed by atoms with Crippen molar-refractivity contribution >= 4 is 16.8 Å². The number of nitrogens with zero attached hydrogens (tertiary/aromatic N) is 3. The number of piperazine rings is 1. The van der Waals surface area contributed by atoms with Crippen LogP contribution >= 0.6 is 0 Å². The van der Waals surface area contributed by atoms with Gasteiger partial charge in [0.25, 0.3) is 5.91 Å². The monoisotopic (exact) mass is 323 g/mol. The molecule has 2 aromatic rings. The molecule has 1 aromatic heterocycles. The first-order chi connectivity index (χ1) is 11.8. The minimum atomic E-state index is 0.211. The predicted octanol–water partition coefficient (Wildman–Crippen LogP) is 2.89. The van der Waals surface area contributed by atoms with Crippen LogP contribution in [-0.4, -0.2) is 53.4 Å². The maximum atomic E-state index is 13.4. The lowest BCUT2D eigenvalue weighted by molar-refractivity contribution is 0.0644. The standard InChI is InChI=1S/C20H25N3O/c1-2-22-11-13-23(14-12-22)20(24)19-15-7-3-5-9-17(15)21-18-10-6-4-8-16(18)19/h3,5,7,9H,2,4,6,8,10-14H2,1H3. The van der Waals surface area contributed by atoms with Gasteiger partial charge in [-0.3, -0.25) is 9.78 Å². The number of likely N-dealkylation sites (N-methyl/N-ethyl adjacent to an activating group) is 1.